The Bertz CT molecular complexity index is 613. The van der Waals surface area contributed by atoms with E-state index in [2.05, 4.69) is 20.7 Å². The van der Waals surface area contributed by atoms with Gasteiger partial charge in [0.2, 0.25) is 0 Å². The van der Waals surface area contributed by atoms with Crippen LogP contribution in [0.4, 0.5) is 10.6 Å². The molecule has 0 aliphatic carbocycles. The maximum Gasteiger partial charge on any atom is 0.321 e. The number of amides is 2. The number of urea groups is 1. The quantitative estimate of drug-likeness (QED) is 0.726. The highest BCUT2D eigenvalue weighted by molar-refractivity contribution is 7.09. The first-order chi connectivity index (χ1) is 11.1. The Labute approximate surface area is 140 Å². The molecule has 0 saturated carbocycles. The molecule has 0 bridgehead atoms. The van der Waals surface area contributed by atoms with Gasteiger partial charge in [0.1, 0.15) is 5.01 Å². The van der Waals surface area contributed by atoms with E-state index in [0.717, 1.165) is 24.4 Å². The molecule has 126 valence electrons. The molecule has 1 atom stereocenters. The van der Waals surface area contributed by atoms with E-state index in [0.29, 0.717) is 12.4 Å². The van der Waals surface area contributed by atoms with E-state index in [4.69, 9.17) is 4.74 Å². The summed E-state index contributed by atoms with van der Waals surface area (Å²) in [5.74, 6) is 0.525. The SMILES string of the molecule is CCC(C)(NC(=O)Nc1ccn(CCCOC)n1)c1nccs1. The average molecular weight is 337 g/mol. The van der Waals surface area contributed by atoms with Crippen molar-refractivity contribution in [3.05, 3.63) is 28.8 Å². The van der Waals surface area contributed by atoms with Crippen LogP contribution in [0.3, 0.4) is 0 Å². The third kappa shape index (κ3) is 4.77. The Morgan fingerprint density at radius 3 is 3.00 bits per heavy atom. The topological polar surface area (TPSA) is 81.1 Å². The molecule has 0 aliphatic rings. The number of ether oxygens (including phenoxy) is 1. The van der Waals surface area contributed by atoms with Crippen LogP contribution in [-0.2, 0) is 16.8 Å². The van der Waals surface area contributed by atoms with E-state index < -0.39 is 5.54 Å². The van der Waals surface area contributed by atoms with E-state index in [1.54, 1.807) is 24.1 Å². The molecule has 0 fully saturated rings. The van der Waals surface area contributed by atoms with Crippen molar-refractivity contribution >= 4 is 23.2 Å². The largest absolute Gasteiger partial charge is 0.385 e. The second-order valence-electron chi connectivity index (χ2n) is 5.41. The molecule has 8 heteroatoms. The molecule has 2 N–H and O–H groups in total. The highest BCUT2D eigenvalue weighted by atomic mass is 32.1. The van der Waals surface area contributed by atoms with Crippen molar-refractivity contribution in [3.8, 4) is 0 Å². The summed E-state index contributed by atoms with van der Waals surface area (Å²) in [6.45, 7) is 5.43. The van der Waals surface area contributed by atoms with Crippen LogP contribution in [0.25, 0.3) is 0 Å². The number of thiazole rings is 1. The predicted octanol–water partition coefficient (Wildman–Crippen LogP) is 2.82. The molecule has 2 heterocycles. The van der Waals surface area contributed by atoms with E-state index in [1.807, 2.05) is 25.4 Å². The summed E-state index contributed by atoms with van der Waals surface area (Å²) in [6.07, 6.45) is 5.21. The summed E-state index contributed by atoms with van der Waals surface area (Å²) in [4.78, 5) is 16.5. The first-order valence-electron chi connectivity index (χ1n) is 7.59. The van der Waals surface area contributed by atoms with Crippen LogP contribution in [0, 0.1) is 0 Å². The van der Waals surface area contributed by atoms with E-state index in [-0.39, 0.29) is 6.03 Å². The van der Waals surface area contributed by atoms with Gasteiger partial charge in [0.15, 0.2) is 5.82 Å². The molecule has 2 aromatic rings. The van der Waals surface area contributed by atoms with Gasteiger partial charge in [-0.25, -0.2) is 9.78 Å². The number of nitrogens with zero attached hydrogens (tertiary/aromatic N) is 3. The third-order valence-corrected chi connectivity index (χ3v) is 4.66. The number of anilines is 1. The minimum atomic E-state index is -0.487. The van der Waals surface area contributed by atoms with Crippen LogP contribution in [0.1, 0.15) is 31.7 Å². The monoisotopic (exact) mass is 337 g/mol. The first kappa shape index (κ1) is 17.4. The fourth-order valence-corrected chi connectivity index (χ4v) is 2.94. The van der Waals surface area contributed by atoms with Gasteiger partial charge in [-0.1, -0.05) is 6.92 Å². The molecule has 0 aliphatic heterocycles. The number of nitrogens with one attached hydrogen (secondary N) is 2. The molecule has 0 saturated heterocycles. The van der Waals surface area contributed by atoms with Crippen LogP contribution < -0.4 is 10.6 Å². The molecule has 2 amide bonds. The number of carbonyl (C=O) groups is 1. The van der Waals surface area contributed by atoms with Crippen LogP contribution in [-0.4, -0.2) is 34.5 Å². The lowest BCUT2D eigenvalue weighted by Crippen LogP contribution is -2.45. The third-order valence-electron chi connectivity index (χ3n) is 3.62. The minimum Gasteiger partial charge on any atom is -0.385 e. The van der Waals surface area contributed by atoms with E-state index >= 15 is 0 Å². The Kier molecular flexibility index (Phi) is 6.12. The highest BCUT2D eigenvalue weighted by Crippen LogP contribution is 2.26. The fraction of sp³-hybridized carbons (Fsp3) is 0.533. The molecule has 2 rings (SSSR count). The van der Waals surface area contributed by atoms with Crippen molar-refractivity contribution in [2.24, 2.45) is 0 Å². The summed E-state index contributed by atoms with van der Waals surface area (Å²) in [6, 6.07) is 1.49. The van der Waals surface area contributed by atoms with Gasteiger partial charge in [0.05, 0.1) is 5.54 Å². The summed E-state index contributed by atoms with van der Waals surface area (Å²) in [7, 11) is 1.67. The predicted molar refractivity (Wildman–Crippen MR) is 90.6 cm³/mol. The lowest BCUT2D eigenvalue weighted by atomic mass is 10.0. The molecule has 0 radical (unpaired) electrons. The van der Waals surface area contributed by atoms with E-state index in [1.165, 1.54) is 11.3 Å². The maximum atomic E-state index is 12.2. The number of aromatic nitrogens is 3. The molecule has 7 nitrogen and oxygen atoms in total. The van der Waals surface area contributed by atoms with Gasteiger partial charge in [0, 0.05) is 44.1 Å². The number of hydrogen-bond acceptors (Lipinski definition) is 5. The lowest BCUT2D eigenvalue weighted by molar-refractivity contribution is 0.189. The molecule has 0 spiro atoms. The van der Waals surface area contributed by atoms with Crippen molar-refractivity contribution in [3.63, 3.8) is 0 Å². The summed E-state index contributed by atoms with van der Waals surface area (Å²) in [5.41, 5.74) is -0.487. The molecule has 0 aromatic carbocycles. The highest BCUT2D eigenvalue weighted by Gasteiger charge is 2.29. The molecular formula is C15H23N5O2S. The van der Waals surface area contributed by atoms with Crippen molar-refractivity contribution in [1.82, 2.24) is 20.1 Å². The lowest BCUT2D eigenvalue weighted by Gasteiger charge is -2.27. The molecule has 2 aromatic heterocycles. The number of hydrogen-bond donors (Lipinski definition) is 2. The summed E-state index contributed by atoms with van der Waals surface area (Å²) < 4.78 is 6.80. The van der Waals surface area contributed by atoms with Gasteiger partial charge in [-0.2, -0.15) is 5.10 Å². The Morgan fingerprint density at radius 2 is 2.35 bits per heavy atom. The molecule has 1 unspecified atom stereocenters. The zero-order valence-corrected chi connectivity index (χ0v) is 14.5. The van der Waals surface area contributed by atoms with Crippen LogP contribution in [0.5, 0.6) is 0 Å². The van der Waals surface area contributed by atoms with Crippen molar-refractivity contribution in [1.29, 1.82) is 0 Å². The van der Waals surface area contributed by atoms with Gasteiger partial charge < -0.3 is 10.1 Å². The van der Waals surface area contributed by atoms with Crippen molar-refractivity contribution in [2.75, 3.05) is 19.0 Å². The van der Waals surface area contributed by atoms with Crippen LogP contribution >= 0.6 is 11.3 Å². The Balaban J connectivity index is 1.91. The van der Waals surface area contributed by atoms with Gasteiger partial charge in [0.25, 0.3) is 0 Å². The number of rotatable bonds is 8. The second kappa shape index (κ2) is 8.07. The van der Waals surface area contributed by atoms with Gasteiger partial charge in [-0.05, 0) is 19.8 Å². The van der Waals surface area contributed by atoms with Crippen molar-refractivity contribution in [2.45, 2.75) is 38.8 Å². The van der Waals surface area contributed by atoms with Gasteiger partial charge in [-0.3, -0.25) is 10.00 Å². The fourth-order valence-electron chi connectivity index (χ4n) is 2.11. The normalized spacial score (nSPS) is 13.5. The summed E-state index contributed by atoms with van der Waals surface area (Å²) >= 11 is 1.53. The smallest absolute Gasteiger partial charge is 0.321 e. The Hall–Kier alpha value is -1.93. The van der Waals surface area contributed by atoms with E-state index in [9.17, 15) is 4.79 Å². The Morgan fingerprint density at radius 1 is 1.52 bits per heavy atom. The van der Waals surface area contributed by atoms with Crippen LogP contribution in [0.2, 0.25) is 0 Å². The number of methoxy groups -OCH3 is 1. The first-order valence-corrected chi connectivity index (χ1v) is 8.47. The van der Waals surface area contributed by atoms with Crippen molar-refractivity contribution < 1.29 is 9.53 Å². The number of carbonyl (C=O) groups excluding carboxylic acids is 1. The maximum absolute atomic E-state index is 12.2. The summed E-state index contributed by atoms with van der Waals surface area (Å²) in [5, 5.41) is 12.9. The minimum absolute atomic E-state index is 0.285. The zero-order chi connectivity index (χ0) is 16.7. The zero-order valence-electron chi connectivity index (χ0n) is 13.7. The second-order valence-corrected chi connectivity index (χ2v) is 6.31. The van der Waals surface area contributed by atoms with Gasteiger partial charge >= 0.3 is 6.03 Å². The van der Waals surface area contributed by atoms with Gasteiger partial charge in [-0.15, -0.1) is 11.3 Å². The standard InChI is InChI=1S/C15H23N5O2S/c1-4-15(2,13-16-7-11-23-13)18-14(21)17-12-6-9-20(19-12)8-5-10-22-3/h6-7,9,11H,4-5,8,10H2,1-3H3,(H2,17,18,19,21). The van der Waals surface area contributed by atoms with Crippen LogP contribution in [0.15, 0.2) is 23.8 Å². The number of aryl methyl sites for hydroxylation is 1. The molecule has 23 heavy (non-hydrogen) atoms. The molecular weight excluding hydrogens is 314 g/mol. The average Bonchev–Trinajstić information content (AvgIpc) is 3.19.